The van der Waals surface area contributed by atoms with Gasteiger partial charge in [0.15, 0.2) is 0 Å². The number of carboxylic acid groups (broad SMARTS) is 1. The number of nitrogens with zero attached hydrogens (tertiary/aromatic N) is 2. The molecule has 0 saturated carbocycles. The molecule has 7 atom stereocenters. The molecule has 1 aromatic carbocycles. The number of nitrogens with one attached hydrogen (secondary N) is 2. The SMILES string of the molecule is CCC(C)C(C(CC(=O)N1CCCC1C(OC)C(C)C(=O)NC(Cc1ccc(N)cc1)C(=O)O)OC)N(C)C(=O)CNC=O. The van der Waals surface area contributed by atoms with E-state index in [9.17, 15) is 29.1 Å². The van der Waals surface area contributed by atoms with E-state index in [0.29, 0.717) is 37.0 Å². The maximum absolute atomic E-state index is 13.8. The molecule has 7 unspecified atom stereocenters. The number of ether oxygens (including phenoxy) is 2. The van der Waals surface area contributed by atoms with Gasteiger partial charge in [-0.25, -0.2) is 4.79 Å². The number of carbonyl (C=O) groups excluding carboxylic acids is 4. The van der Waals surface area contributed by atoms with Crippen molar-refractivity contribution in [3.63, 3.8) is 0 Å². The van der Waals surface area contributed by atoms with Crippen LogP contribution in [0.3, 0.4) is 0 Å². The zero-order valence-electron chi connectivity index (χ0n) is 26.7. The van der Waals surface area contributed by atoms with Crippen molar-refractivity contribution in [1.82, 2.24) is 20.4 Å². The molecule has 1 aromatic rings. The minimum absolute atomic E-state index is 0.000422. The number of likely N-dealkylation sites (tertiary alicyclic amines) is 1. The zero-order valence-corrected chi connectivity index (χ0v) is 26.7. The predicted molar refractivity (Wildman–Crippen MR) is 164 cm³/mol. The number of benzene rings is 1. The first-order chi connectivity index (χ1) is 20.9. The average molecular weight is 620 g/mol. The molecule has 1 aliphatic heterocycles. The van der Waals surface area contributed by atoms with Crippen LogP contribution in [0.5, 0.6) is 0 Å². The summed E-state index contributed by atoms with van der Waals surface area (Å²) >= 11 is 0. The van der Waals surface area contributed by atoms with Gasteiger partial charge in [-0.2, -0.15) is 0 Å². The number of nitrogens with two attached hydrogens (primary N) is 1. The van der Waals surface area contributed by atoms with Crippen LogP contribution in [0.15, 0.2) is 24.3 Å². The smallest absolute Gasteiger partial charge is 0.326 e. The van der Waals surface area contributed by atoms with E-state index < -0.39 is 48.1 Å². The number of methoxy groups -OCH3 is 2. The van der Waals surface area contributed by atoms with Crippen LogP contribution in [0.1, 0.15) is 52.0 Å². The van der Waals surface area contributed by atoms with Gasteiger partial charge < -0.3 is 40.7 Å². The van der Waals surface area contributed by atoms with Crippen molar-refractivity contribution in [1.29, 1.82) is 0 Å². The molecule has 13 nitrogen and oxygen atoms in total. The van der Waals surface area contributed by atoms with Crippen LogP contribution >= 0.6 is 0 Å². The number of rotatable bonds is 18. The van der Waals surface area contributed by atoms with Crippen LogP contribution in [-0.2, 0) is 39.9 Å². The minimum Gasteiger partial charge on any atom is -0.480 e. The fourth-order valence-corrected chi connectivity index (χ4v) is 5.97. The van der Waals surface area contributed by atoms with Crippen LogP contribution in [0, 0.1) is 11.8 Å². The molecule has 1 heterocycles. The van der Waals surface area contributed by atoms with E-state index in [1.165, 1.54) is 19.1 Å². The summed E-state index contributed by atoms with van der Waals surface area (Å²) in [7, 11) is 4.62. The molecule has 0 aromatic heterocycles. The normalized spacial score (nSPS) is 18.8. The lowest BCUT2D eigenvalue weighted by Gasteiger charge is -2.39. The average Bonchev–Trinajstić information content (AvgIpc) is 3.49. The molecule has 4 amide bonds. The fourth-order valence-electron chi connectivity index (χ4n) is 5.97. The lowest BCUT2D eigenvalue weighted by Crippen LogP contribution is -2.54. The maximum atomic E-state index is 13.8. The Labute approximate surface area is 259 Å². The van der Waals surface area contributed by atoms with Gasteiger partial charge in [-0.1, -0.05) is 39.3 Å². The van der Waals surface area contributed by atoms with E-state index in [1.54, 1.807) is 43.1 Å². The Bertz CT molecular complexity index is 1120. The lowest BCUT2D eigenvalue weighted by molar-refractivity contribution is -0.146. The van der Waals surface area contributed by atoms with Crippen molar-refractivity contribution < 1.29 is 38.6 Å². The Hall–Kier alpha value is -3.71. The van der Waals surface area contributed by atoms with Gasteiger partial charge in [0, 0.05) is 39.9 Å². The Morgan fingerprint density at radius 3 is 2.36 bits per heavy atom. The molecule has 0 aliphatic carbocycles. The van der Waals surface area contributed by atoms with Crippen molar-refractivity contribution in [2.24, 2.45) is 11.8 Å². The monoisotopic (exact) mass is 619 g/mol. The van der Waals surface area contributed by atoms with Gasteiger partial charge in [-0.05, 0) is 36.5 Å². The maximum Gasteiger partial charge on any atom is 0.326 e. The van der Waals surface area contributed by atoms with Crippen LogP contribution in [0.4, 0.5) is 5.69 Å². The van der Waals surface area contributed by atoms with E-state index >= 15 is 0 Å². The molecule has 0 bridgehead atoms. The largest absolute Gasteiger partial charge is 0.480 e. The summed E-state index contributed by atoms with van der Waals surface area (Å²) in [4.78, 5) is 65.7. The Kier molecular flexibility index (Phi) is 14.6. The van der Waals surface area contributed by atoms with Crippen molar-refractivity contribution in [2.75, 3.05) is 40.1 Å². The van der Waals surface area contributed by atoms with Gasteiger partial charge in [-0.3, -0.25) is 19.2 Å². The first-order valence-electron chi connectivity index (χ1n) is 15.0. The van der Waals surface area contributed by atoms with Crippen LogP contribution in [0.25, 0.3) is 0 Å². The Morgan fingerprint density at radius 1 is 1.16 bits per heavy atom. The van der Waals surface area contributed by atoms with Gasteiger partial charge in [0.2, 0.25) is 24.1 Å². The third-order valence-corrected chi connectivity index (χ3v) is 8.68. The van der Waals surface area contributed by atoms with E-state index in [0.717, 1.165) is 6.42 Å². The van der Waals surface area contributed by atoms with Gasteiger partial charge in [0.1, 0.15) is 6.04 Å². The third kappa shape index (κ3) is 9.65. The van der Waals surface area contributed by atoms with Gasteiger partial charge >= 0.3 is 5.97 Å². The fraction of sp³-hybridized carbons (Fsp3) is 0.645. The molecule has 246 valence electrons. The van der Waals surface area contributed by atoms with Crippen molar-refractivity contribution in [3.8, 4) is 0 Å². The van der Waals surface area contributed by atoms with E-state index in [2.05, 4.69) is 10.6 Å². The standard InChI is InChI=1S/C31H49N5O8/c1-7-19(2)28(35(4)27(39)17-33-18-37)25(43-5)16-26(38)36-14-8-9-24(36)29(44-6)20(3)30(40)34-23(31(41)42)15-21-10-12-22(32)13-11-21/h10-13,18-20,23-25,28-29H,7-9,14-17,32H2,1-6H3,(H,33,37)(H,34,40)(H,41,42). The molecule has 44 heavy (non-hydrogen) atoms. The van der Waals surface area contributed by atoms with Crippen LogP contribution in [-0.4, -0.2) is 110 Å². The highest BCUT2D eigenvalue weighted by Gasteiger charge is 2.42. The Balaban J connectivity index is 2.17. The predicted octanol–water partition coefficient (Wildman–Crippen LogP) is 1.05. The highest BCUT2D eigenvalue weighted by atomic mass is 16.5. The molecule has 0 radical (unpaired) electrons. The van der Waals surface area contributed by atoms with Gasteiger partial charge in [-0.15, -0.1) is 0 Å². The number of anilines is 1. The highest BCUT2D eigenvalue weighted by molar-refractivity contribution is 5.85. The summed E-state index contributed by atoms with van der Waals surface area (Å²) < 4.78 is 11.6. The summed E-state index contributed by atoms with van der Waals surface area (Å²) in [6.45, 7) is 5.94. The van der Waals surface area contributed by atoms with E-state index in [-0.39, 0.29) is 37.1 Å². The highest BCUT2D eigenvalue weighted by Crippen LogP contribution is 2.29. The quantitative estimate of drug-likeness (QED) is 0.138. The summed E-state index contributed by atoms with van der Waals surface area (Å²) in [6, 6.07) is 4.79. The van der Waals surface area contributed by atoms with Gasteiger partial charge in [0.25, 0.3) is 0 Å². The number of hydrogen-bond donors (Lipinski definition) is 4. The van der Waals surface area contributed by atoms with Crippen molar-refractivity contribution in [3.05, 3.63) is 29.8 Å². The molecular formula is C31H49N5O8. The lowest BCUT2D eigenvalue weighted by atomic mass is 9.90. The number of carbonyl (C=O) groups is 5. The molecule has 1 saturated heterocycles. The molecule has 1 fully saturated rings. The van der Waals surface area contributed by atoms with E-state index in [4.69, 9.17) is 15.2 Å². The molecule has 0 spiro atoms. The third-order valence-electron chi connectivity index (χ3n) is 8.68. The first-order valence-corrected chi connectivity index (χ1v) is 15.0. The minimum atomic E-state index is -1.17. The summed E-state index contributed by atoms with van der Waals surface area (Å²) in [6.07, 6.45) is 1.30. The zero-order chi connectivity index (χ0) is 33.0. The number of carboxylic acids is 1. The molecule has 1 aliphatic rings. The number of nitrogen functional groups attached to an aromatic ring is 1. The van der Waals surface area contributed by atoms with Gasteiger partial charge in [0.05, 0.1) is 43.2 Å². The van der Waals surface area contributed by atoms with Crippen LogP contribution in [0.2, 0.25) is 0 Å². The molecule has 2 rings (SSSR count). The summed E-state index contributed by atoms with van der Waals surface area (Å²) in [5, 5.41) is 14.8. The topological polar surface area (TPSA) is 181 Å². The summed E-state index contributed by atoms with van der Waals surface area (Å²) in [5.41, 5.74) is 6.99. The second-order valence-corrected chi connectivity index (χ2v) is 11.5. The number of likely N-dealkylation sites (N-methyl/N-ethyl adjacent to an activating group) is 1. The van der Waals surface area contributed by atoms with Crippen molar-refractivity contribution >= 4 is 35.8 Å². The van der Waals surface area contributed by atoms with Crippen molar-refractivity contribution in [2.45, 2.75) is 83.2 Å². The molecule has 5 N–H and O–H groups in total. The second-order valence-electron chi connectivity index (χ2n) is 11.5. The second kappa shape index (κ2) is 17.6. The number of aliphatic carboxylic acids is 1. The molecular weight excluding hydrogens is 570 g/mol. The van der Waals surface area contributed by atoms with E-state index in [1.807, 2.05) is 13.8 Å². The first kappa shape index (κ1) is 36.5. The number of hydrogen-bond acceptors (Lipinski definition) is 8. The van der Waals surface area contributed by atoms with Crippen LogP contribution < -0.4 is 16.4 Å². The number of amides is 4. The molecule has 13 heteroatoms. The Morgan fingerprint density at radius 2 is 1.82 bits per heavy atom. The summed E-state index contributed by atoms with van der Waals surface area (Å²) in [5.74, 6) is -2.91.